The van der Waals surface area contributed by atoms with Gasteiger partial charge in [-0.1, -0.05) is 18.2 Å². The third kappa shape index (κ3) is 3.37. The molecule has 24 heavy (non-hydrogen) atoms. The summed E-state index contributed by atoms with van der Waals surface area (Å²) in [6.07, 6.45) is 3.62. The van der Waals surface area contributed by atoms with Crippen LogP contribution in [0.1, 0.15) is 42.1 Å². The van der Waals surface area contributed by atoms with Gasteiger partial charge in [-0.15, -0.1) is 0 Å². The lowest BCUT2D eigenvalue weighted by atomic mass is 10.0. The lowest BCUT2D eigenvalue weighted by Crippen LogP contribution is -2.38. The highest BCUT2D eigenvalue weighted by molar-refractivity contribution is 6.07. The zero-order chi connectivity index (χ0) is 17.1. The molecular weight excluding hydrogens is 298 g/mol. The van der Waals surface area contributed by atoms with Crippen LogP contribution in [0.3, 0.4) is 0 Å². The Bertz CT molecular complexity index is 741. The summed E-state index contributed by atoms with van der Waals surface area (Å²) >= 11 is 0. The van der Waals surface area contributed by atoms with E-state index in [-0.39, 0.29) is 5.91 Å². The second kappa shape index (κ2) is 6.95. The van der Waals surface area contributed by atoms with Gasteiger partial charge in [0.15, 0.2) is 0 Å². The summed E-state index contributed by atoms with van der Waals surface area (Å²) < 4.78 is 0. The number of amides is 1. The largest absolute Gasteiger partial charge is 0.399 e. The monoisotopic (exact) mass is 323 g/mol. The molecule has 0 aromatic heterocycles. The van der Waals surface area contributed by atoms with Crippen molar-refractivity contribution in [3.8, 4) is 0 Å². The minimum atomic E-state index is -0.0930. The van der Waals surface area contributed by atoms with Gasteiger partial charge in [0.05, 0.1) is 11.4 Å². The standard InChI is InChI=1S/C20H25N3O/c1-14-7-3-4-9-17(14)20(24)22-18-13-16(21)10-11-19(18)23-12-6-5-8-15(23)2/h3-4,7,9-11,13,15H,5-6,8,12,21H2,1-2H3,(H,22,24). The van der Waals surface area contributed by atoms with Crippen LogP contribution < -0.4 is 16.0 Å². The van der Waals surface area contributed by atoms with Gasteiger partial charge < -0.3 is 16.0 Å². The summed E-state index contributed by atoms with van der Waals surface area (Å²) in [6, 6.07) is 13.9. The first-order valence-electron chi connectivity index (χ1n) is 8.59. The molecule has 3 N–H and O–H groups in total. The van der Waals surface area contributed by atoms with E-state index in [1.165, 1.54) is 19.3 Å². The number of rotatable bonds is 3. The van der Waals surface area contributed by atoms with E-state index >= 15 is 0 Å². The van der Waals surface area contributed by atoms with Crippen LogP contribution >= 0.6 is 0 Å². The molecule has 0 radical (unpaired) electrons. The van der Waals surface area contributed by atoms with Crippen molar-refractivity contribution in [2.75, 3.05) is 22.5 Å². The third-order valence-corrected chi connectivity index (χ3v) is 4.77. The maximum absolute atomic E-state index is 12.7. The Morgan fingerprint density at radius 3 is 2.75 bits per heavy atom. The van der Waals surface area contributed by atoms with Gasteiger partial charge in [-0.05, 0) is 62.9 Å². The molecule has 4 nitrogen and oxygen atoms in total. The van der Waals surface area contributed by atoms with Gasteiger partial charge in [0.1, 0.15) is 0 Å². The van der Waals surface area contributed by atoms with Crippen LogP contribution in [0.15, 0.2) is 42.5 Å². The second-order valence-corrected chi connectivity index (χ2v) is 6.58. The summed E-state index contributed by atoms with van der Waals surface area (Å²) in [5, 5.41) is 3.07. The molecule has 1 atom stereocenters. The highest BCUT2D eigenvalue weighted by atomic mass is 16.1. The minimum absolute atomic E-state index is 0.0930. The van der Waals surface area contributed by atoms with Gasteiger partial charge in [-0.25, -0.2) is 0 Å². The maximum Gasteiger partial charge on any atom is 0.255 e. The van der Waals surface area contributed by atoms with Crippen molar-refractivity contribution in [2.45, 2.75) is 39.2 Å². The minimum Gasteiger partial charge on any atom is -0.399 e. The molecule has 1 unspecified atom stereocenters. The molecule has 0 bridgehead atoms. The van der Waals surface area contributed by atoms with E-state index in [0.717, 1.165) is 23.5 Å². The van der Waals surface area contributed by atoms with Crippen LogP contribution in [0.25, 0.3) is 0 Å². The Kier molecular flexibility index (Phi) is 4.74. The highest BCUT2D eigenvalue weighted by Crippen LogP contribution is 2.33. The molecular formula is C20H25N3O. The predicted molar refractivity (Wildman–Crippen MR) is 101 cm³/mol. The van der Waals surface area contributed by atoms with E-state index in [1.807, 2.05) is 49.4 Å². The number of carbonyl (C=O) groups is 1. The van der Waals surface area contributed by atoms with Gasteiger partial charge in [0, 0.05) is 23.8 Å². The number of carbonyl (C=O) groups excluding carboxylic acids is 1. The molecule has 1 saturated heterocycles. The van der Waals surface area contributed by atoms with Gasteiger partial charge in [-0.3, -0.25) is 4.79 Å². The van der Waals surface area contributed by atoms with Crippen LogP contribution in [-0.4, -0.2) is 18.5 Å². The van der Waals surface area contributed by atoms with Crippen LogP contribution in [0.2, 0.25) is 0 Å². The Morgan fingerprint density at radius 1 is 1.21 bits per heavy atom. The van der Waals surface area contributed by atoms with Gasteiger partial charge >= 0.3 is 0 Å². The molecule has 2 aromatic carbocycles. The number of piperidine rings is 1. The van der Waals surface area contributed by atoms with Crippen molar-refractivity contribution in [3.05, 3.63) is 53.6 Å². The normalized spacial score (nSPS) is 17.6. The third-order valence-electron chi connectivity index (χ3n) is 4.77. The number of hydrogen-bond acceptors (Lipinski definition) is 3. The molecule has 1 fully saturated rings. The molecule has 1 heterocycles. The van der Waals surface area contributed by atoms with Crippen LogP contribution in [0, 0.1) is 6.92 Å². The lowest BCUT2D eigenvalue weighted by Gasteiger charge is -2.36. The van der Waals surface area contributed by atoms with Crippen molar-refractivity contribution >= 4 is 23.0 Å². The van der Waals surface area contributed by atoms with Crippen LogP contribution in [0.5, 0.6) is 0 Å². The van der Waals surface area contributed by atoms with E-state index in [1.54, 1.807) is 0 Å². The van der Waals surface area contributed by atoms with Crippen LogP contribution in [0.4, 0.5) is 17.1 Å². The quantitative estimate of drug-likeness (QED) is 0.832. The van der Waals surface area contributed by atoms with Crippen molar-refractivity contribution in [1.29, 1.82) is 0 Å². The van der Waals surface area contributed by atoms with E-state index in [0.29, 0.717) is 17.3 Å². The van der Waals surface area contributed by atoms with E-state index in [2.05, 4.69) is 17.1 Å². The Hall–Kier alpha value is -2.49. The summed E-state index contributed by atoms with van der Waals surface area (Å²) in [4.78, 5) is 15.1. The maximum atomic E-state index is 12.7. The summed E-state index contributed by atoms with van der Waals surface area (Å²) in [6.45, 7) is 5.20. The molecule has 2 aromatic rings. The summed E-state index contributed by atoms with van der Waals surface area (Å²) in [5.41, 5.74) is 10.1. The number of benzene rings is 2. The number of aryl methyl sites for hydroxylation is 1. The Morgan fingerprint density at radius 2 is 2.00 bits per heavy atom. The number of nitrogens with zero attached hydrogens (tertiary/aromatic N) is 1. The smallest absolute Gasteiger partial charge is 0.255 e. The molecule has 0 aliphatic carbocycles. The SMILES string of the molecule is Cc1ccccc1C(=O)Nc1cc(N)ccc1N1CCCCC1C. The number of hydrogen-bond donors (Lipinski definition) is 2. The van der Waals surface area contributed by atoms with Gasteiger partial charge in [0.25, 0.3) is 5.91 Å². The average Bonchev–Trinajstić information content (AvgIpc) is 2.56. The molecule has 1 amide bonds. The Labute approximate surface area is 143 Å². The first-order valence-corrected chi connectivity index (χ1v) is 8.59. The molecule has 4 heteroatoms. The molecule has 1 aliphatic rings. The van der Waals surface area contributed by atoms with E-state index in [9.17, 15) is 4.79 Å². The van der Waals surface area contributed by atoms with Gasteiger partial charge in [-0.2, -0.15) is 0 Å². The number of anilines is 3. The highest BCUT2D eigenvalue weighted by Gasteiger charge is 2.22. The number of nitrogens with two attached hydrogens (primary N) is 1. The predicted octanol–water partition coefficient (Wildman–Crippen LogP) is 4.21. The molecule has 126 valence electrons. The van der Waals surface area contributed by atoms with Crippen molar-refractivity contribution in [1.82, 2.24) is 0 Å². The van der Waals surface area contributed by atoms with Crippen molar-refractivity contribution < 1.29 is 4.79 Å². The van der Waals surface area contributed by atoms with E-state index < -0.39 is 0 Å². The fourth-order valence-corrected chi connectivity index (χ4v) is 3.38. The Balaban J connectivity index is 1.91. The topological polar surface area (TPSA) is 58.4 Å². The number of nitrogens with one attached hydrogen (secondary N) is 1. The first kappa shape index (κ1) is 16.4. The number of nitrogen functional groups attached to an aromatic ring is 1. The summed E-state index contributed by atoms with van der Waals surface area (Å²) in [5.74, 6) is -0.0930. The first-order chi connectivity index (χ1) is 11.6. The van der Waals surface area contributed by atoms with Gasteiger partial charge in [0.2, 0.25) is 0 Å². The van der Waals surface area contributed by atoms with Crippen LogP contribution in [-0.2, 0) is 0 Å². The molecule has 3 rings (SSSR count). The lowest BCUT2D eigenvalue weighted by molar-refractivity contribution is 0.102. The average molecular weight is 323 g/mol. The zero-order valence-electron chi connectivity index (χ0n) is 14.4. The second-order valence-electron chi connectivity index (χ2n) is 6.58. The molecule has 0 spiro atoms. The molecule has 0 saturated carbocycles. The fourth-order valence-electron chi connectivity index (χ4n) is 3.38. The van der Waals surface area contributed by atoms with Crippen molar-refractivity contribution in [2.24, 2.45) is 0 Å². The molecule has 1 aliphatic heterocycles. The van der Waals surface area contributed by atoms with E-state index in [4.69, 9.17) is 5.73 Å². The summed E-state index contributed by atoms with van der Waals surface area (Å²) in [7, 11) is 0. The fraction of sp³-hybridized carbons (Fsp3) is 0.350. The zero-order valence-corrected chi connectivity index (χ0v) is 14.4. The van der Waals surface area contributed by atoms with Crippen molar-refractivity contribution in [3.63, 3.8) is 0 Å².